The lowest BCUT2D eigenvalue weighted by atomic mass is 10.1. The molecular formula is C13H17Cl3O2Si. The number of benzene rings is 1. The van der Waals surface area contributed by atoms with Gasteiger partial charge in [-0.15, -0.1) is 0 Å². The van der Waals surface area contributed by atoms with Crippen LogP contribution >= 0.6 is 34.8 Å². The van der Waals surface area contributed by atoms with Crippen LogP contribution in [-0.4, -0.2) is 24.3 Å². The first kappa shape index (κ1) is 15.6. The van der Waals surface area contributed by atoms with Gasteiger partial charge in [-0.2, -0.15) is 0 Å². The molecule has 3 atom stereocenters. The minimum atomic E-state index is -1.82. The summed E-state index contributed by atoms with van der Waals surface area (Å²) in [6.45, 7) is 6.20. The van der Waals surface area contributed by atoms with E-state index in [1.807, 2.05) is 30.3 Å². The molecule has 19 heavy (non-hydrogen) atoms. The molecule has 1 fully saturated rings. The number of ether oxygens (including phenoxy) is 1. The molecule has 1 aliphatic rings. The van der Waals surface area contributed by atoms with Gasteiger partial charge in [-0.1, -0.05) is 65.1 Å². The fraction of sp³-hybridized carbons (Fsp3) is 0.538. The van der Waals surface area contributed by atoms with Gasteiger partial charge in [0.1, 0.15) is 18.3 Å². The van der Waals surface area contributed by atoms with Gasteiger partial charge in [0.25, 0.3) is 0 Å². The van der Waals surface area contributed by atoms with Gasteiger partial charge in [0.15, 0.2) is 8.32 Å². The zero-order valence-electron chi connectivity index (χ0n) is 11.1. The highest BCUT2D eigenvalue weighted by atomic mass is 35.6. The van der Waals surface area contributed by atoms with Crippen molar-refractivity contribution in [1.82, 2.24) is 0 Å². The molecule has 6 heteroatoms. The first-order valence-electron chi connectivity index (χ1n) is 6.13. The fourth-order valence-corrected chi connectivity index (χ4v) is 3.77. The van der Waals surface area contributed by atoms with E-state index in [0.717, 1.165) is 5.56 Å². The van der Waals surface area contributed by atoms with Crippen molar-refractivity contribution in [2.75, 3.05) is 0 Å². The third-order valence-corrected chi connectivity index (χ3v) is 4.36. The molecule has 2 nitrogen and oxygen atoms in total. The van der Waals surface area contributed by atoms with Crippen molar-refractivity contribution < 1.29 is 9.16 Å². The van der Waals surface area contributed by atoms with Crippen LogP contribution in [0.2, 0.25) is 19.6 Å². The first-order valence-corrected chi connectivity index (χ1v) is 10.7. The lowest BCUT2D eigenvalue weighted by Gasteiger charge is -2.30. The van der Waals surface area contributed by atoms with Gasteiger partial charge in [0.2, 0.25) is 3.79 Å². The Morgan fingerprint density at radius 1 is 1.16 bits per heavy atom. The molecule has 1 heterocycles. The van der Waals surface area contributed by atoms with Gasteiger partial charge in [0.05, 0.1) is 0 Å². The van der Waals surface area contributed by atoms with E-state index >= 15 is 0 Å². The molecule has 2 rings (SSSR count). The molecule has 0 saturated carbocycles. The zero-order valence-corrected chi connectivity index (χ0v) is 14.3. The summed E-state index contributed by atoms with van der Waals surface area (Å²) in [6, 6.07) is 9.92. The van der Waals surface area contributed by atoms with Crippen LogP contribution in [0, 0.1) is 0 Å². The third-order valence-electron chi connectivity index (χ3n) is 2.76. The van der Waals surface area contributed by atoms with Crippen LogP contribution in [0.4, 0.5) is 0 Å². The molecule has 1 saturated heterocycles. The smallest absolute Gasteiger partial charge is 0.217 e. The lowest BCUT2D eigenvalue weighted by Crippen LogP contribution is -2.42. The summed E-state index contributed by atoms with van der Waals surface area (Å²) in [5, 5.41) is 0. The summed E-state index contributed by atoms with van der Waals surface area (Å²) in [7, 11) is -1.82. The number of hydrogen-bond acceptors (Lipinski definition) is 2. The van der Waals surface area contributed by atoms with Crippen LogP contribution in [0.25, 0.3) is 0 Å². The molecule has 0 aromatic heterocycles. The van der Waals surface area contributed by atoms with E-state index in [-0.39, 0.29) is 12.2 Å². The molecule has 0 spiro atoms. The predicted molar refractivity (Wildman–Crippen MR) is 82.6 cm³/mol. The summed E-state index contributed by atoms with van der Waals surface area (Å²) in [6.07, 6.45) is -0.769. The quantitative estimate of drug-likeness (QED) is 0.450. The van der Waals surface area contributed by atoms with Crippen LogP contribution in [0.15, 0.2) is 30.3 Å². The van der Waals surface area contributed by atoms with Crippen molar-refractivity contribution in [3.8, 4) is 0 Å². The van der Waals surface area contributed by atoms with Crippen LogP contribution in [0.1, 0.15) is 11.7 Å². The van der Waals surface area contributed by atoms with Crippen LogP contribution in [-0.2, 0) is 9.16 Å². The monoisotopic (exact) mass is 338 g/mol. The normalized spacial score (nSPS) is 25.2. The Kier molecular flexibility index (Phi) is 4.56. The lowest BCUT2D eigenvalue weighted by molar-refractivity contribution is 0.155. The van der Waals surface area contributed by atoms with Crippen LogP contribution in [0.5, 0.6) is 0 Å². The summed E-state index contributed by atoms with van der Waals surface area (Å²) in [4.78, 5) is 0. The number of epoxide rings is 1. The van der Waals surface area contributed by atoms with E-state index in [2.05, 4.69) is 19.6 Å². The molecule has 0 bridgehead atoms. The Morgan fingerprint density at radius 2 is 1.74 bits per heavy atom. The SMILES string of the molecule is C[Si](C)(C)O[C@H]([C@H]1O[C@H]1c1ccccc1)C(Cl)(Cl)Cl. The molecular weight excluding hydrogens is 323 g/mol. The van der Waals surface area contributed by atoms with E-state index in [0.29, 0.717) is 0 Å². The van der Waals surface area contributed by atoms with Gasteiger partial charge in [0, 0.05) is 0 Å². The van der Waals surface area contributed by atoms with E-state index in [1.54, 1.807) is 0 Å². The first-order chi connectivity index (χ1) is 8.68. The number of alkyl halides is 3. The molecule has 0 N–H and O–H groups in total. The van der Waals surface area contributed by atoms with Gasteiger partial charge in [-0.3, -0.25) is 0 Å². The van der Waals surface area contributed by atoms with Gasteiger partial charge < -0.3 is 9.16 Å². The second-order valence-corrected chi connectivity index (χ2v) is 12.5. The maximum atomic E-state index is 6.04. The maximum absolute atomic E-state index is 6.04. The third kappa shape index (κ3) is 4.35. The van der Waals surface area contributed by atoms with Crippen molar-refractivity contribution in [2.45, 2.75) is 41.7 Å². The molecule has 0 radical (unpaired) electrons. The van der Waals surface area contributed by atoms with Gasteiger partial charge in [-0.05, 0) is 25.2 Å². The topological polar surface area (TPSA) is 21.8 Å². The summed E-state index contributed by atoms with van der Waals surface area (Å²) in [5.41, 5.74) is 1.09. The van der Waals surface area contributed by atoms with Crippen molar-refractivity contribution in [3.63, 3.8) is 0 Å². The summed E-state index contributed by atoms with van der Waals surface area (Å²) >= 11 is 18.1. The van der Waals surface area contributed by atoms with Gasteiger partial charge >= 0.3 is 0 Å². The van der Waals surface area contributed by atoms with Gasteiger partial charge in [-0.25, -0.2) is 0 Å². The Balaban J connectivity index is 2.11. The fourth-order valence-electron chi connectivity index (χ4n) is 1.97. The molecule has 1 aromatic carbocycles. The molecule has 0 amide bonds. The largest absolute Gasteiger partial charge is 0.408 e. The second-order valence-electron chi connectivity index (χ2n) is 5.62. The minimum absolute atomic E-state index is 0.0434. The highest BCUT2D eigenvalue weighted by molar-refractivity contribution is 6.71. The Bertz CT molecular complexity index is 428. The van der Waals surface area contributed by atoms with E-state index in [4.69, 9.17) is 44.0 Å². The average molecular weight is 340 g/mol. The van der Waals surface area contributed by atoms with E-state index < -0.39 is 18.2 Å². The zero-order chi connectivity index (χ0) is 14.3. The molecule has 106 valence electrons. The van der Waals surface area contributed by atoms with Crippen molar-refractivity contribution in [3.05, 3.63) is 35.9 Å². The van der Waals surface area contributed by atoms with Crippen LogP contribution < -0.4 is 0 Å². The van der Waals surface area contributed by atoms with Crippen molar-refractivity contribution in [2.24, 2.45) is 0 Å². The van der Waals surface area contributed by atoms with E-state index in [1.165, 1.54) is 0 Å². The van der Waals surface area contributed by atoms with E-state index in [9.17, 15) is 0 Å². The van der Waals surface area contributed by atoms with Crippen molar-refractivity contribution >= 4 is 43.1 Å². The summed E-state index contributed by atoms with van der Waals surface area (Å²) in [5.74, 6) is 0. The Morgan fingerprint density at radius 3 is 2.21 bits per heavy atom. The Labute approximate surface area is 130 Å². The maximum Gasteiger partial charge on any atom is 0.217 e. The molecule has 0 unspecified atom stereocenters. The molecule has 1 aromatic rings. The predicted octanol–water partition coefficient (Wildman–Crippen LogP) is 4.72. The summed E-state index contributed by atoms with van der Waals surface area (Å²) < 4.78 is 10.2. The standard InChI is InChI=1S/C13H17Cl3O2Si/c1-19(2,3)18-12(13(14,15)16)11-10(17-11)9-7-5-4-6-8-9/h4-8,10-12H,1-3H3/t10-,11-,12+/m0/s1. The van der Waals surface area contributed by atoms with Crippen LogP contribution in [0.3, 0.4) is 0 Å². The highest BCUT2D eigenvalue weighted by Gasteiger charge is 2.54. The number of hydrogen-bond donors (Lipinski definition) is 0. The highest BCUT2D eigenvalue weighted by Crippen LogP contribution is 2.49. The molecule has 0 aliphatic carbocycles. The Hall–Kier alpha value is 0.227. The molecule has 1 aliphatic heterocycles. The minimum Gasteiger partial charge on any atom is -0.408 e. The second kappa shape index (κ2) is 5.55. The average Bonchev–Trinajstić information content (AvgIpc) is 3.04. The number of rotatable bonds is 4. The van der Waals surface area contributed by atoms with Crippen molar-refractivity contribution in [1.29, 1.82) is 0 Å². The number of halogens is 3.